The lowest BCUT2D eigenvalue weighted by atomic mass is 9.94. The van der Waals surface area contributed by atoms with Crippen LogP contribution in [0.1, 0.15) is 65.4 Å². The molecule has 1 aromatic carbocycles. The average Bonchev–Trinajstić information content (AvgIpc) is 3.27. The SMILES string of the molecule is CCCOc1ccc(C[C@H](NC(=O)C2(NC(=O)[C@@H](S)C(C)C)CCCC2)C(=O)OCC)cc1. The first-order valence-electron chi connectivity index (χ1n) is 11.9. The smallest absolute Gasteiger partial charge is 0.328 e. The van der Waals surface area contributed by atoms with E-state index in [1.165, 1.54) is 0 Å². The maximum Gasteiger partial charge on any atom is 0.328 e. The van der Waals surface area contributed by atoms with E-state index >= 15 is 0 Å². The molecule has 0 radical (unpaired) electrons. The summed E-state index contributed by atoms with van der Waals surface area (Å²) in [6, 6.07) is 6.61. The molecule has 0 saturated heterocycles. The molecular formula is C25H38N2O5S. The maximum absolute atomic E-state index is 13.4. The van der Waals surface area contributed by atoms with E-state index in [1.807, 2.05) is 45.0 Å². The first kappa shape index (κ1) is 27.0. The van der Waals surface area contributed by atoms with Crippen molar-refractivity contribution in [3.63, 3.8) is 0 Å². The van der Waals surface area contributed by atoms with Crippen molar-refractivity contribution >= 4 is 30.4 Å². The van der Waals surface area contributed by atoms with Crippen molar-refractivity contribution in [2.45, 2.75) is 83.1 Å². The number of thiol groups is 1. The van der Waals surface area contributed by atoms with Gasteiger partial charge in [-0.1, -0.05) is 45.7 Å². The summed E-state index contributed by atoms with van der Waals surface area (Å²) in [6.07, 6.45) is 3.92. The van der Waals surface area contributed by atoms with E-state index in [4.69, 9.17) is 9.47 Å². The molecule has 0 aromatic heterocycles. The molecule has 1 fully saturated rings. The van der Waals surface area contributed by atoms with Gasteiger partial charge in [-0.15, -0.1) is 0 Å². The van der Waals surface area contributed by atoms with Crippen molar-refractivity contribution in [2.75, 3.05) is 13.2 Å². The summed E-state index contributed by atoms with van der Waals surface area (Å²) in [5.74, 6) is -0.312. The van der Waals surface area contributed by atoms with Crippen LogP contribution in [-0.2, 0) is 25.5 Å². The number of ether oxygens (including phenoxy) is 2. The van der Waals surface area contributed by atoms with Gasteiger partial charge in [-0.3, -0.25) is 9.59 Å². The Bertz CT molecular complexity index is 790. The van der Waals surface area contributed by atoms with Crippen molar-refractivity contribution in [2.24, 2.45) is 5.92 Å². The van der Waals surface area contributed by atoms with E-state index in [0.717, 1.165) is 30.6 Å². The fourth-order valence-electron chi connectivity index (χ4n) is 3.91. The summed E-state index contributed by atoms with van der Waals surface area (Å²) < 4.78 is 10.8. The second-order valence-corrected chi connectivity index (χ2v) is 9.50. The fraction of sp³-hybridized carbons (Fsp3) is 0.640. The minimum absolute atomic E-state index is 0.0337. The third-order valence-corrected chi connectivity index (χ3v) is 6.70. The molecule has 1 aliphatic carbocycles. The van der Waals surface area contributed by atoms with E-state index in [1.54, 1.807) is 6.92 Å². The van der Waals surface area contributed by atoms with Crippen LogP contribution in [0, 0.1) is 5.92 Å². The van der Waals surface area contributed by atoms with Gasteiger partial charge in [0.2, 0.25) is 11.8 Å². The lowest BCUT2D eigenvalue weighted by molar-refractivity contribution is -0.148. The van der Waals surface area contributed by atoms with Crippen LogP contribution >= 0.6 is 12.6 Å². The van der Waals surface area contributed by atoms with E-state index in [0.29, 0.717) is 19.4 Å². The molecule has 33 heavy (non-hydrogen) atoms. The van der Waals surface area contributed by atoms with Crippen molar-refractivity contribution in [3.05, 3.63) is 29.8 Å². The zero-order valence-electron chi connectivity index (χ0n) is 20.2. The molecular weight excluding hydrogens is 440 g/mol. The molecule has 0 bridgehead atoms. The Morgan fingerprint density at radius 2 is 1.73 bits per heavy atom. The number of hydrogen-bond donors (Lipinski definition) is 3. The summed E-state index contributed by atoms with van der Waals surface area (Å²) in [5, 5.41) is 5.31. The van der Waals surface area contributed by atoms with Crippen molar-refractivity contribution in [3.8, 4) is 5.75 Å². The van der Waals surface area contributed by atoms with Crippen LogP contribution < -0.4 is 15.4 Å². The van der Waals surface area contributed by atoms with Crippen LogP contribution in [0.2, 0.25) is 0 Å². The van der Waals surface area contributed by atoms with Gasteiger partial charge in [-0.2, -0.15) is 12.6 Å². The third-order valence-electron chi connectivity index (χ3n) is 5.87. The highest BCUT2D eigenvalue weighted by Gasteiger charge is 2.44. The van der Waals surface area contributed by atoms with Gasteiger partial charge in [0.25, 0.3) is 0 Å². The Balaban J connectivity index is 2.16. The van der Waals surface area contributed by atoms with Gasteiger partial charge in [0.15, 0.2) is 0 Å². The number of rotatable bonds is 12. The number of hydrogen-bond acceptors (Lipinski definition) is 6. The molecule has 1 aliphatic rings. The zero-order valence-corrected chi connectivity index (χ0v) is 21.1. The highest BCUT2D eigenvalue weighted by molar-refractivity contribution is 7.81. The van der Waals surface area contributed by atoms with Crippen LogP contribution in [-0.4, -0.2) is 47.8 Å². The normalized spacial score (nSPS) is 16.7. The molecule has 0 unspecified atom stereocenters. The monoisotopic (exact) mass is 478 g/mol. The van der Waals surface area contributed by atoms with Gasteiger partial charge in [0.1, 0.15) is 17.3 Å². The number of benzene rings is 1. The molecule has 2 N–H and O–H groups in total. The molecule has 2 atom stereocenters. The minimum atomic E-state index is -1.03. The van der Waals surface area contributed by atoms with Gasteiger partial charge in [-0.25, -0.2) is 4.79 Å². The van der Waals surface area contributed by atoms with E-state index < -0.39 is 22.8 Å². The van der Waals surface area contributed by atoms with Crippen LogP contribution in [0.15, 0.2) is 24.3 Å². The number of carbonyl (C=O) groups excluding carboxylic acids is 3. The maximum atomic E-state index is 13.4. The number of carbonyl (C=O) groups is 3. The Labute approximate surface area is 202 Å². The highest BCUT2D eigenvalue weighted by atomic mass is 32.1. The van der Waals surface area contributed by atoms with Crippen LogP contribution in [0.4, 0.5) is 0 Å². The summed E-state index contributed by atoms with van der Waals surface area (Å²) in [5.41, 5.74) is -0.160. The van der Waals surface area contributed by atoms with Gasteiger partial charge in [-0.05, 0) is 49.8 Å². The fourth-order valence-corrected chi connectivity index (χ4v) is 3.97. The lowest BCUT2D eigenvalue weighted by Gasteiger charge is -2.32. The predicted octanol–water partition coefficient (Wildman–Crippen LogP) is 3.45. The van der Waals surface area contributed by atoms with E-state index in [-0.39, 0.29) is 30.8 Å². The Morgan fingerprint density at radius 3 is 2.27 bits per heavy atom. The second-order valence-electron chi connectivity index (χ2n) is 8.94. The molecule has 0 spiro atoms. The third kappa shape index (κ3) is 7.66. The Hall–Kier alpha value is -2.22. The van der Waals surface area contributed by atoms with Crippen LogP contribution in [0.25, 0.3) is 0 Å². The first-order chi connectivity index (χ1) is 15.7. The molecule has 1 aromatic rings. The van der Waals surface area contributed by atoms with Gasteiger partial charge >= 0.3 is 5.97 Å². The largest absolute Gasteiger partial charge is 0.494 e. The minimum Gasteiger partial charge on any atom is -0.494 e. The lowest BCUT2D eigenvalue weighted by Crippen LogP contribution is -2.61. The molecule has 1 saturated carbocycles. The molecule has 0 aliphatic heterocycles. The first-order valence-corrected chi connectivity index (χ1v) is 12.4. The summed E-state index contributed by atoms with van der Waals surface area (Å²) in [6.45, 7) is 8.45. The molecule has 2 rings (SSSR count). The standard InChI is InChI=1S/C25H38N2O5S/c1-5-15-32-19-11-9-18(10-12-19)16-20(23(29)31-6-2)26-24(30)25(13-7-8-14-25)27-22(28)21(33)17(3)4/h9-12,17,20-21,33H,5-8,13-16H2,1-4H3,(H,26,30)(H,27,28)/t20-,21-/m0/s1. The summed E-state index contributed by atoms with van der Waals surface area (Å²) in [4.78, 5) is 38.8. The number of esters is 1. The molecule has 8 heteroatoms. The molecule has 184 valence electrons. The summed E-state index contributed by atoms with van der Waals surface area (Å²) >= 11 is 4.40. The van der Waals surface area contributed by atoms with Crippen LogP contribution in [0.5, 0.6) is 5.75 Å². The number of nitrogens with one attached hydrogen (secondary N) is 2. The van der Waals surface area contributed by atoms with Gasteiger partial charge in [0, 0.05) is 6.42 Å². The van der Waals surface area contributed by atoms with E-state index in [2.05, 4.69) is 23.3 Å². The average molecular weight is 479 g/mol. The molecule has 2 amide bonds. The molecule has 0 heterocycles. The zero-order chi connectivity index (χ0) is 24.4. The molecule has 7 nitrogen and oxygen atoms in total. The predicted molar refractivity (Wildman–Crippen MR) is 131 cm³/mol. The Morgan fingerprint density at radius 1 is 1.09 bits per heavy atom. The number of amides is 2. The topological polar surface area (TPSA) is 93.7 Å². The van der Waals surface area contributed by atoms with Crippen molar-refractivity contribution in [1.82, 2.24) is 10.6 Å². The van der Waals surface area contributed by atoms with Crippen molar-refractivity contribution < 1.29 is 23.9 Å². The second kappa shape index (κ2) is 12.9. The quantitative estimate of drug-likeness (QED) is 0.316. The van der Waals surface area contributed by atoms with E-state index in [9.17, 15) is 14.4 Å². The highest BCUT2D eigenvalue weighted by Crippen LogP contribution is 2.31. The van der Waals surface area contributed by atoms with Gasteiger partial charge in [0.05, 0.1) is 18.5 Å². The van der Waals surface area contributed by atoms with Crippen LogP contribution in [0.3, 0.4) is 0 Å². The van der Waals surface area contributed by atoms with Gasteiger partial charge < -0.3 is 20.1 Å². The summed E-state index contributed by atoms with van der Waals surface area (Å²) in [7, 11) is 0. The Kier molecular flexibility index (Phi) is 10.5. The van der Waals surface area contributed by atoms with Crippen molar-refractivity contribution in [1.29, 1.82) is 0 Å².